The third-order valence-corrected chi connectivity index (χ3v) is 3.75. The molecule has 0 bridgehead atoms. The molecular weight excluding hydrogens is 252 g/mol. The van der Waals surface area contributed by atoms with Crippen molar-refractivity contribution in [2.75, 3.05) is 0 Å². The van der Waals surface area contributed by atoms with Crippen molar-refractivity contribution in [3.63, 3.8) is 0 Å². The minimum atomic E-state index is -0.219. The van der Waals surface area contributed by atoms with Crippen molar-refractivity contribution in [1.82, 2.24) is 0 Å². The summed E-state index contributed by atoms with van der Waals surface area (Å²) in [5, 5.41) is 9.94. The van der Waals surface area contributed by atoms with Crippen molar-refractivity contribution < 1.29 is 14.7 Å². The van der Waals surface area contributed by atoms with Crippen LogP contribution >= 0.6 is 0 Å². The highest BCUT2D eigenvalue weighted by atomic mass is 16.3. The molecule has 20 heavy (non-hydrogen) atoms. The van der Waals surface area contributed by atoms with Crippen LogP contribution in [0.1, 0.15) is 50.5 Å². The summed E-state index contributed by atoms with van der Waals surface area (Å²) in [7, 11) is 0. The highest BCUT2D eigenvalue weighted by Crippen LogP contribution is 2.32. The molecule has 1 fully saturated rings. The molecule has 1 aliphatic carbocycles. The largest absolute Gasteiger partial charge is 0.511 e. The Kier molecular flexibility index (Phi) is 4.72. The second-order valence-electron chi connectivity index (χ2n) is 5.29. The standard InChI is InChI=1S/C17H20O3/c1-2-3-9-14(18)17-15(19)10-13(11-16(17)20)12-7-5-4-6-8-12/h4-8,13,18H,2-3,9-11H2,1H3. The summed E-state index contributed by atoms with van der Waals surface area (Å²) >= 11 is 0. The van der Waals surface area contributed by atoms with E-state index in [0.717, 1.165) is 18.4 Å². The van der Waals surface area contributed by atoms with Gasteiger partial charge in [0.15, 0.2) is 11.6 Å². The first kappa shape index (κ1) is 14.5. The van der Waals surface area contributed by atoms with Crippen LogP contribution in [-0.4, -0.2) is 16.7 Å². The fourth-order valence-electron chi connectivity index (χ4n) is 2.63. The first-order chi connectivity index (χ1) is 9.63. The third-order valence-electron chi connectivity index (χ3n) is 3.75. The maximum Gasteiger partial charge on any atom is 0.170 e. The number of hydrogen-bond acceptors (Lipinski definition) is 3. The molecule has 3 nitrogen and oxygen atoms in total. The molecule has 1 saturated carbocycles. The lowest BCUT2D eigenvalue weighted by molar-refractivity contribution is -0.124. The van der Waals surface area contributed by atoms with Gasteiger partial charge in [-0.1, -0.05) is 43.7 Å². The number of unbranched alkanes of at least 4 members (excludes halogenated alkanes) is 1. The molecule has 3 heteroatoms. The second kappa shape index (κ2) is 6.51. The molecule has 0 radical (unpaired) electrons. The van der Waals surface area contributed by atoms with Gasteiger partial charge in [0.1, 0.15) is 5.76 Å². The number of benzene rings is 1. The SMILES string of the molecule is CCCCC(O)=C1C(=O)CC(c2ccccc2)CC1=O. The van der Waals surface area contributed by atoms with Gasteiger partial charge in [-0.2, -0.15) is 0 Å². The van der Waals surface area contributed by atoms with Crippen LogP contribution in [0.3, 0.4) is 0 Å². The third kappa shape index (κ3) is 3.16. The summed E-state index contributed by atoms with van der Waals surface area (Å²) in [5.74, 6) is -0.514. The van der Waals surface area contributed by atoms with Gasteiger partial charge in [-0.05, 0) is 17.9 Å². The normalized spacial score (nSPS) is 19.2. The number of ketones is 2. The van der Waals surface area contributed by atoms with Gasteiger partial charge < -0.3 is 5.11 Å². The minimum absolute atomic E-state index is 0.0200. The number of aliphatic hydroxyl groups is 1. The fourth-order valence-corrected chi connectivity index (χ4v) is 2.63. The van der Waals surface area contributed by atoms with Gasteiger partial charge in [0.2, 0.25) is 0 Å². The zero-order valence-electron chi connectivity index (χ0n) is 11.8. The molecule has 0 spiro atoms. The Labute approximate surface area is 119 Å². The van der Waals surface area contributed by atoms with E-state index in [1.165, 1.54) is 0 Å². The Balaban J connectivity index is 2.17. The van der Waals surface area contributed by atoms with Gasteiger partial charge in [0.05, 0.1) is 5.57 Å². The second-order valence-corrected chi connectivity index (χ2v) is 5.29. The Morgan fingerprint density at radius 3 is 2.30 bits per heavy atom. The lowest BCUT2D eigenvalue weighted by Gasteiger charge is -2.23. The van der Waals surface area contributed by atoms with Gasteiger partial charge in [0.25, 0.3) is 0 Å². The van der Waals surface area contributed by atoms with Crippen LogP contribution in [-0.2, 0) is 9.59 Å². The number of aliphatic hydroxyl groups excluding tert-OH is 1. The zero-order chi connectivity index (χ0) is 14.5. The highest BCUT2D eigenvalue weighted by molar-refractivity contribution is 6.22. The molecule has 1 N–H and O–H groups in total. The lowest BCUT2D eigenvalue weighted by atomic mass is 9.79. The summed E-state index contributed by atoms with van der Waals surface area (Å²) in [6, 6.07) is 9.62. The van der Waals surface area contributed by atoms with Crippen LogP contribution in [0.4, 0.5) is 0 Å². The predicted octanol–water partition coefficient (Wildman–Crippen LogP) is 3.70. The number of carbonyl (C=O) groups excluding carboxylic acids is 2. The molecule has 1 aliphatic rings. The highest BCUT2D eigenvalue weighted by Gasteiger charge is 2.33. The van der Waals surface area contributed by atoms with Crippen LogP contribution in [0.15, 0.2) is 41.7 Å². The molecule has 0 amide bonds. The number of hydrogen-bond donors (Lipinski definition) is 1. The first-order valence-corrected chi connectivity index (χ1v) is 7.17. The molecule has 1 aromatic rings. The smallest absolute Gasteiger partial charge is 0.170 e. The molecule has 0 saturated heterocycles. The zero-order valence-corrected chi connectivity index (χ0v) is 11.8. The average Bonchev–Trinajstić information content (AvgIpc) is 2.45. The van der Waals surface area contributed by atoms with E-state index in [9.17, 15) is 14.7 Å². The molecule has 0 aromatic heterocycles. The Bertz CT molecular complexity index is 508. The topological polar surface area (TPSA) is 54.4 Å². The monoisotopic (exact) mass is 272 g/mol. The van der Waals surface area contributed by atoms with Crippen molar-refractivity contribution in [3.8, 4) is 0 Å². The molecule has 0 aliphatic heterocycles. The maximum absolute atomic E-state index is 12.2. The van der Waals surface area contributed by atoms with Crippen molar-refractivity contribution in [2.45, 2.75) is 44.9 Å². The van der Waals surface area contributed by atoms with Crippen molar-refractivity contribution >= 4 is 11.6 Å². The summed E-state index contributed by atoms with van der Waals surface area (Å²) < 4.78 is 0. The number of Topliss-reactive ketones (excluding diaryl/α,β-unsaturated/α-hetero) is 2. The Morgan fingerprint density at radius 1 is 1.15 bits per heavy atom. The van der Waals surface area contributed by atoms with Crippen molar-refractivity contribution in [3.05, 3.63) is 47.2 Å². The van der Waals surface area contributed by atoms with E-state index in [2.05, 4.69) is 0 Å². The lowest BCUT2D eigenvalue weighted by Crippen LogP contribution is -2.26. The van der Waals surface area contributed by atoms with Crippen LogP contribution in [0.5, 0.6) is 0 Å². The van der Waals surface area contributed by atoms with Gasteiger partial charge in [-0.3, -0.25) is 9.59 Å². The first-order valence-electron chi connectivity index (χ1n) is 7.17. The van der Waals surface area contributed by atoms with E-state index < -0.39 is 0 Å². The van der Waals surface area contributed by atoms with E-state index in [4.69, 9.17) is 0 Å². The van der Waals surface area contributed by atoms with Crippen LogP contribution in [0, 0.1) is 0 Å². The molecule has 2 rings (SSSR count). The number of carbonyl (C=O) groups is 2. The summed E-state index contributed by atoms with van der Waals surface area (Å²) in [4.78, 5) is 24.3. The molecule has 1 aromatic carbocycles. The van der Waals surface area contributed by atoms with Gasteiger partial charge in [-0.25, -0.2) is 0 Å². The number of allylic oxidation sites excluding steroid dienone is 2. The van der Waals surface area contributed by atoms with Crippen LogP contribution in [0.25, 0.3) is 0 Å². The van der Waals surface area contributed by atoms with Crippen molar-refractivity contribution in [2.24, 2.45) is 0 Å². The quantitative estimate of drug-likeness (QED) is 0.516. The summed E-state index contributed by atoms with van der Waals surface area (Å²) in [6.07, 6.45) is 2.74. The fraction of sp³-hybridized carbons (Fsp3) is 0.412. The van der Waals surface area contributed by atoms with Crippen LogP contribution < -0.4 is 0 Å². The van der Waals surface area contributed by atoms with E-state index >= 15 is 0 Å². The van der Waals surface area contributed by atoms with E-state index in [-0.39, 0.29) is 28.8 Å². The van der Waals surface area contributed by atoms with Gasteiger partial charge in [0, 0.05) is 19.3 Å². The van der Waals surface area contributed by atoms with Crippen molar-refractivity contribution in [1.29, 1.82) is 0 Å². The summed E-state index contributed by atoms with van der Waals surface area (Å²) in [6.45, 7) is 2.01. The Morgan fingerprint density at radius 2 is 1.75 bits per heavy atom. The van der Waals surface area contributed by atoms with Gasteiger partial charge in [-0.15, -0.1) is 0 Å². The molecular formula is C17H20O3. The minimum Gasteiger partial charge on any atom is -0.511 e. The maximum atomic E-state index is 12.2. The molecule has 0 unspecified atom stereocenters. The van der Waals surface area contributed by atoms with E-state index in [0.29, 0.717) is 19.3 Å². The average molecular weight is 272 g/mol. The molecule has 0 heterocycles. The molecule has 106 valence electrons. The number of rotatable bonds is 4. The van der Waals surface area contributed by atoms with E-state index in [1.54, 1.807) is 0 Å². The van der Waals surface area contributed by atoms with E-state index in [1.807, 2.05) is 37.3 Å². The Hall–Kier alpha value is -1.90. The summed E-state index contributed by atoms with van der Waals surface area (Å²) in [5.41, 5.74) is 1.06. The predicted molar refractivity (Wildman–Crippen MR) is 77.6 cm³/mol. The molecule has 0 atom stereocenters. The van der Waals surface area contributed by atoms with Gasteiger partial charge >= 0.3 is 0 Å². The van der Waals surface area contributed by atoms with Crippen LogP contribution in [0.2, 0.25) is 0 Å².